The second-order valence-electron chi connectivity index (χ2n) is 11.2. The highest BCUT2D eigenvalue weighted by molar-refractivity contribution is 6.31. The van der Waals surface area contributed by atoms with Gasteiger partial charge in [-0.05, 0) is 42.0 Å². The third-order valence-corrected chi connectivity index (χ3v) is 3.59. The molecule has 0 aromatic carbocycles. The zero-order chi connectivity index (χ0) is 60.6. The van der Waals surface area contributed by atoms with Crippen molar-refractivity contribution in [2.24, 2.45) is 0 Å². The van der Waals surface area contributed by atoms with Gasteiger partial charge in [-0.15, -0.1) is 0 Å². The molecule has 0 bridgehead atoms. The monoisotopic (exact) mass is 1100 g/mol. The average molecular weight is 1110 g/mol. The summed E-state index contributed by atoms with van der Waals surface area (Å²) in [4.78, 5) is 118. The molecule has 0 saturated carbocycles. The summed E-state index contributed by atoms with van der Waals surface area (Å²) in [6.45, 7) is 26.5. The molecule has 0 fully saturated rings. The van der Waals surface area contributed by atoms with Crippen LogP contribution in [-0.2, 0) is 57.5 Å². The lowest BCUT2D eigenvalue weighted by atomic mass is 9.88. The van der Waals surface area contributed by atoms with Gasteiger partial charge in [0.1, 0.15) is 33.4 Å². The number of ketones is 2. The highest BCUT2D eigenvalue weighted by Gasteiger charge is 2.05. The highest BCUT2D eigenvalue weighted by Crippen LogP contribution is 1.82. The first kappa shape index (κ1) is 133. The highest BCUT2D eigenvalue weighted by atomic mass is 16.4. The van der Waals surface area contributed by atoms with Gasteiger partial charge in [0.05, 0.1) is 0 Å². The molecule has 0 aromatic heterocycles. The van der Waals surface area contributed by atoms with Crippen LogP contribution in [0.15, 0.2) is 0 Å². The number of hydrogen-bond acceptors (Lipinski definition) is 14. The number of carboxylic acid groups (broad SMARTS) is 4. The van der Waals surface area contributed by atoms with E-state index >= 15 is 0 Å². The van der Waals surface area contributed by atoms with Crippen molar-refractivity contribution < 1.29 is 82.1 Å². The molecule has 0 aliphatic rings. The first-order valence-corrected chi connectivity index (χ1v) is 19.7. The van der Waals surface area contributed by atoms with E-state index in [2.05, 4.69) is 21.3 Å². The average Bonchev–Trinajstić information content (AvgIpc) is 3.23. The van der Waals surface area contributed by atoms with Gasteiger partial charge >= 0.3 is 0 Å². The molecule has 0 unspecified atom stereocenters. The van der Waals surface area contributed by atoms with Crippen molar-refractivity contribution in [3.63, 3.8) is 0 Å². The fourth-order valence-corrected chi connectivity index (χ4v) is 0.443. The van der Waals surface area contributed by atoms with Gasteiger partial charge in [0.25, 0.3) is 23.9 Å². The molecule has 75 heavy (non-hydrogen) atoms. The van der Waals surface area contributed by atoms with E-state index in [0.29, 0.717) is 33.2 Å². The molecule has 0 atom stereocenters. The predicted molar refractivity (Wildman–Crippen MR) is 329 cm³/mol. The molecule has 463 valence electrons. The van der Waals surface area contributed by atoms with Crippen molar-refractivity contribution in [2.75, 3.05) is 56.4 Å². The van der Waals surface area contributed by atoms with E-state index in [4.69, 9.17) is 43.7 Å². The second kappa shape index (κ2) is 151. The van der Waals surface area contributed by atoms with E-state index < -0.39 is 23.9 Å². The molecule has 25 heteroatoms. The fraction of sp³-hybridized carbons (Fsp3) is 0.760. The maximum atomic E-state index is 10.3. The Morgan fingerprint density at radius 2 is 0.440 bits per heavy atom. The van der Waals surface area contributed by atoms with Crippen LogP contribution in [0.25, 0.3) is 0 Å². The summed E-state index contributed by atoms with van der Waals surface area (Å²) in [5.41, 5.74) is 0. The number of Topliss-reactive ketones (excluding diaryl/α,β-unsaturated/α-hetero) is 2. The maximum Gasteiger partial charge on any atom is 0.300 e. The van der Waals surface area contributed by atoms with Gasteiger partial charge < -0.3 is 51.3 Å². The Hall–Kier alpha value is -5.45. The summed E-state index contributed by atoms with van der Waals surface area (Å²) in [7, 11) is 19.0. The summed E-state index contributed by atoms with van der Waals surface area (Å²) in [6.07, 6.45) is 1.33. The quantitative estimate of drug-likeness (QED) is 0.120. The standard InChI is InChI=1S/2C5H9NO2.2C4H8O.2C3H7NO.3C2H6B.2C2H7N.4C2H4O2.8CH4/c2*1-4(7)6(3)5(2)8;2*1-3-4(2)5;2*1-3(5)4-2;5*1-3-2;4*1-2(3)4;;;;;;;;/h2*1-3H3;2*3H2,1-2H3;2*1-2H3,(H,4,5);3*1-2H3;2*3H,1-2H3;4*1H3,(H,3,4);8*1H4/i;;;;;;3*1D;;;;;;;;;;;;;;. The van der Waals surface area contributed by atoms with Crippen LogP contribution in [0.5, 0.6) is 0 Å². The molecule has 0 aliphatic heterocycles. The summed E-state index contributed by atoms with van der Waals surface area (Å²) in [5, 5.41) is 39.9. The van der Waals surface area contributed by atoms with Gasteiger partial charge in [-0.3, -0.25) is 57.7 Å². The Labute approximate surface area is 471 Å². The van der Waals surface area contributed by atoms with Crippen LogP contribution in [0.4, 0.5) is 0 Å². The van der Waals surface area contributed by atoms with Crippen molar-refractivity contribution in [1.29, 1.82) is 0 Å². The van der Waals surface area contributed by atoms with Crippen LogP contribution < -0.4 is 21.3 Å². The summed E-state index contributed by atoms with van der Waals surface area (Å²) >= 11 is 0. The topological polar surface area (TPSA) is 340 Å². The minimum absolute atomic E-state index is 0. The Balaban J connectivity index is -0.0000000198. The predicted octanol–water partition coefficient (Wildman–Crippen LogP) is 8.98. The van der Waals surface area contributed by atoms with Crippen LogP contribution in [0.3, 0.4) is 0 Å². The molecule has 0 aliphatic carbocycles. The molecule has 0 rings (SSSR count). The van der Waals surface area contributed by atoms with E-state index in [1.165, 1.54) is 55.6 Å². The van der Waals surface area contributed by atoms with Crippen molar-refractivity contribution in [3.05, 3.63) is 0 Å². The van der Waals surface area contributed by atoms with Crippen LogP contribution in [0, 0.1) is 0 Å². The number of rotatable bonds is 2. The molecule has 0 aromatic rings. The minimum atomic E-state index is -0.833. The molecule has 3 radical (unpaired) electrons. The smallest absolute Gasteiger partial charge is 0.300 e. The molecule has 8 N–H and O–H groups in total. The molecular weight excluding hydrogens is 973 g/mol. The first-order valence-electron chi connectivity index (χ1n) is 21.8. The largest absolute Gasteiger partial charge is 0.481 e. The van der Waals surface area contributed by atoms with Gasteiger partial charge in [0.15, 0.2) is 0 Å². The van der Waals surface area contributed by atoms with Gasteiger partial charge in [0.2, 0.25) is 35.4 Å². The molecule has 0 heterocycles. The van der Waals surface area contributed by atoms with E-state index in [1.54, 1.807) is 49.8 Å². The van der Waals surface area contributed by atoms with E-state index in [-0.39, 0.29) is 106 Å². The van der Waals surface area contributed by atoms with Crippen molar-refractivity contribution in [3.8, 4) is 0 Å². The van der Waals surface area contributed by atoms with E-state index in [0.717, 1.165) is 37.5 Å². The number of imide groups is 2. The van der Waals surface area contributed by atoms with Crippen molar-refractivity contribution >= 4 is 92.7 Å². The number of hydrogen-bond donors (Lipinski definition) is 8. The molecule has 0 saturated heterocycles. The van der Waals surface area contributed by atoms with E-state index in [1.807, 2.05) is 62.5 Å². The third-order valence-electron chi connectivity index (χ3n) is 3.59. The molecule has 0 spiro atoms. The summed E-state index contributed by atoms with van der Waals surface area (Å²) < 4.78 is 19.2. The van der Waals surface area contributed by atoms with Gasteiger partial charge in [-0.1, -0.05) is 114 Å². The van der Waals surface area contributed by atoms with Crippen LogP contribution in [-0.4, -0.2) is 179 Å². The number of nitrogens with zero attached hydrogens (tertiary/aromatic N) is 2. The summed E-state index contributed by atoms with van der Waals surface area (Å²) in [5.74, 6) is -3.71. The van der Waals surface area contributed by atoms with Gasteiger partial charge in [0, 0.05) is 114 Å². The van der Waals surface area contributed by atoms with Gasteiger partial charge in [-0.2, -0.15) is 0 Å². The molecular formula is C50H128B3N6O16. The number of carboxylic acids is 4. The Bertz CT molecular complexity index is 1040. The SMILES string of the molecule is C.C.C.C.C.C.C.C.CC(=O)N(C)C(C)=O.CC(=O)N(C)C(C)=O.CC(=O)O.CC(=O)O.CC(=O)O.CC(=O)O.CCC(C)=O.CCC(C)=O.CNC.CNC.CNC(C)=O.CNC(C)=O.[2H]C[B]C.[2H]C[B]C.[2H]C[B]C. The van der Waals surface area contributed by atoms with E-state index in [9.17, 15) is 38.4 Å². The fourth-order valence-electron chi connectivity index (χ4n) is 0.443. The zero-order valence-corrected chi connectivity index (χ0v) is 45.8. The minimum Gasteiger partial charge on any atom is -0.481 e. The summed E-state index contributed by atoms with van der Waals surface area (Å²) in [6, 6.07) is 0. The lowest BCUT2D eigenvalue weighted by Crippen LogP contribution is -2.28. The van der Waals surface area contributed by atoms with Crippen LogP contribution in [0.1, 0.15) is 173 Å². The zero-order valence-electron chi connectivity index (χ0n) is 48.8. The van der Waals surface area contributed by atoms with Crippen molar-refractivity contribution in [2.45, 2.75) is 210 Å². The van der Waals surface area contributed by atoms with Crippen LogP contribution in [0.2, 0.25) is 40.9 Å². The number of carbonyl (C=O) groups excluding carboxylic acids is 8. The van der Waals surface area contributed by atoms with Crippen molar-refractivity contribution in [1.82, 2.24) is 31.1 Å². The normalized spacial score (nSPS) is 6.60. The maximum absolute atomic E-state index is 10.3. The Kier molecular flexibility index (Phi) is 268. The van der Waals surface area contributed by atoms with Crippen LogP contribution >= 0.6 is 0 Å². The molecule has 6 amide bonds. The lowest BCUT2D eigenvalue weighted by Gasteiger charge is -2.07. The van der Waals surface area contributed by atoms with Gasteiger partial charge in [-0.25, -0.2) is 0 Å². The second-order valence-corrected chi connectivity index (χ2v) is 11.2. The number of aliphatic carboxylic acids is 4. The third kappa shape index (κ3) is 882. The Morgan fingerprint density at radius 1 is 0.373 bits per heavy atom. The Morgan fingerprint density at radius 3 is 0.440 bits per heavy atom. The molecule has 22 nitrogen and oxygen atoms in total. The lowest BCUT2D eigenvalue weighted by molar-refractivity contribution is -0.141. The number of nitrogens with one attached hydrogen (secondary N) is 4. The first-order chi connectivity index (χ1) is 31.7. The number of amides is 6. The number of carbonyl (C=O) groups is 12.